The molecule has 2 aromatic rings. The van der Waals surface area contributed by atoms with Crippen molar-refractivity contribution in [1.82, 2.24) is 0 Å². The molecule has 4 heteroatoms. The summed E-state index contributed by atoms with van der Waals surface area (Å²) in [5, 5.41) is 9.08. The first-order valence-corrected chi connectivity index (χ1v) is 6.74. The summed E-state index contributed by atoms with van der Waals surface area (Å²) in [6.45, 7) is 0.720. The lowest BCUT2D eigenvalue weighted by Gasteiger charge is -2.21. The maximum atomic E-state index is 12.8. The third-order valence-electron chi connectivity index (χ3n) is 2.94. The first-order valence-electron chi connectivity index (χ1n) is 5.95. The molecular formula is C15H15BrFNO. The van der Waals surface area contributed by atoms with E-state index in [4.69, 9.17) is 5.11 Å². The highest BCUT2D eigenvalue weighted by Crippen LogP contribution is 2.27. The molecular weight excluding hydrogens is 309 g/mol. The van der Waals surface area contributed by atoms with E-state index < -0.39 is 0 Å². The Balaban J connectivity index is 2.15. The van der Waals surface area contributed by atoms with E-state index in [9.17, 15) is 4.39 Å². The van der Waals surface area contributed by atoms with Crippen molar-refractivity contribution in [2.45, 2.75) is 13.2 Å². The van der Waals surface area contributed by atoms with Gasteiger partial charge in [-0.05, 0) is 51.3 Å². The van der Waals surface area contributed by atoms with E-state index in [-0.39, 0.29) is 12.4 Å². The molecule has 0 bridgehead atoms. The van der Waals surface area contributed by atoms with Crippen LogP contribution in [0.1, 0.15) is 11.1 Å². The second-order valence-corrected chi connectivity index (χ2v) is 5.28. The van der Waals surface area contributed by atoms with Gasteiger partial charge < -0.3 is 10.0 Å². The van der Waals surface area contributed by atoms with Crippen molar-refractivity contribution in [3.8, 4) is 0 Å². The molecule has 2 rings (SSSR count). The van der Waals surface area contributed by atoms with Crippen molar-refractivity contribution in [1.29, 1.82) is 0 Å². The standard InChI is InChI=1S/C15H15BrFNO/c1-18(9-11-2-5-13(17)6-3-11)15-7-4-12(10-19)8-14(15)16/h2-8,19H,9-10H2,1H3. The van der Waals surface area contributed by atoms with E-state index in [2.05, 4.69) is 20.8 Å². The molecule has 0 fully saturated rings. The number of rotatable bonds is 4. The molecule has 0 spiro atoms. The van der Waals surface area contributed by atoms with Crippen LogP contribution in [0.4, 0.5) is 10.1 Å². The molecule has 19 heavy (non-hydrogen) atoms. The second kappa shape index (κ2) is 6.17. The molecule has 0 aliphatic rings. The fraction of sp³-hybridized carbons (Fsp3) is 0.200. The number of aliphatic hydroxyl groups is 1. The molecule has 0 atom stereocenters. The van der Waals surface area contributed by atoms with Crippen molar-refractivity contribution >= 4 is 21.6 Å². The molecule has 0 aliphatic carbocycles. The van der Waals surface area contributed by atoms with Gasteiger partial charge in [-0.3, -0.25) is 0 Å². The molecule has 0 saturated heterocycles. The van der Waals surface area contributed by atoms with Crippen molar-refractivity contribution in [2.75, 3.05) is 11.9 Å². The van der Waals surface area contributed by atoms with Crippen LogP contribution in [0.25, 0.3) is 0 Å². The molecule has 2 aromatic carbocycles. The maximum Gasteiger partial charge on any atom is 0.123 e. The molecule has 0 heterocycles. The molecule has 1 N–H and O–H groups in total. The highest BCUT2D eigenvalue weighted by molar-refractivity contribution is 9.10. The smallest absolute Gasteiger partial charge is 0.123 e. The van der Waals surface area contributed by atoms with Gasteiger partial charge in [0.25, 0.3) is 0 Å². The van der Waals surface area contributed by atoms with Gasteiger partial charge in [-0.25, -0.2) is 4.39 Å². The second-order valence-electron chi connectivity index (χ2n) is 4.43. The summed E-state index contributed by atoms with van der Waals surface area (Å²) in [6, 6.07) is 12.2. The largest absolute Gasteiger partial charge is 0.392 e. The number of nitrogens with zero attached hydrogens (tertiary/aromatic N) is 1. The minimum atomic E-state index is -0.222. The number of aliphatic hydroxyl groups excluding tert-OH is 1. The normalized spacial score (nSPS) is 10.5. The molecule has 0 saturated carbocycles. The van der Waals surface area contributed by atoms with Crippen molar-refractivity contribution < 1.29 is 9.50 Å². The molecule has 0 aromatic heterocycles. The van der Waals surface area contributed by atoms with Crippen molar-refractivity contribution in [3.63, 3.8) is 0 Å². The Morgan fingerprint density at radius 1 is 1.11 bits per heavy atom. The quantitative estimate of drug-likeness (QED) is 0.927. The summed E-state index contributed by atoms with van der Waals surface area (Å²) in [6.07, 6.45) is 0. The first kappa shape index (κ1) is 14.0. The predicted molar refractivity (Wildman–Crippen MR) is 78.6 cm³/mol. The van der Waals surface area contributed by atoms with Gasteiger partial charge in [0.05, 0.1) is 12.3 Å². The molecule has 2 nitrogen and oxygen atoms in total. The van der Waals surface area contributed by atoms with Crippen LogP contribution in [0.5, 0.6) is 0 Å². The molecule has 0 unspecified atom stereocenters. The van der Waals surface area contributed by atoms with E-state index in [1.54, 1.807) is 12.1 Å². The fourth-order valence-electron chi connectivity index (χ4n) is 1.91. The average molecular weight is 324 g/mol. The van der Waals surface area contributed by atoms with Crippen LogP contribution in [0, 0.1) is 5.82 Å². The first-order chi connectivity index (χ1) is 9.10. The number of hydrogen-bond donors (Lipinski definition) is 1. The van der Waals surface area contributed by atoms with Crippen LogP contribution in [-0.2, 0) is 13.2 Å². The lowest BCUT2D eigenvalue weighted by molar-refractivity contribution is 0.282. The van der Waals surface area contributed by atoms with E-state index >= 15 is 0 Å². The van der Waals surface area contributed by atoms with Crippen LogP contribution in [0.15, 0.2) is 46.9 Å². The van der Waals surface area contributed by atoms with Gasteiger partial charge in [0.15, 0.2) is 0 Å². The summed E-state index contributed by atoms with van der Waals surface area (Å²) < 4.78 is 13.8. The predicted octanol–water partition coefficient (Wildman–Crippen LogP) is 3.72. The van der Waals surface area contributed by atoms with Gasteiger partial charge in [-0.15, -0.1) is 0 Å². The Kier molecular flexibility index (Phi) is 4.56. The van der Waals surface area contributed by atoms with Gasteiger partial charge >= 0.3 is 0 Å². The van der Waals surface area contributed by atoms with Gasteiger partial charge in [0.2, 0.25) is 0 Å². The van der Waals surface area contributed by atoms with Crippen LogP contribution >= 0.6 is 15.9 Å². The molecule has 0 aliphatic heterocycles. The summed E-state index contributed by atoms with van der Waals surface area (Å²) in [7, 11) is 1.97. The third-order valence-corrected chi connectivity index (χ3v) is 3.57. The Hall–Kier alpha value is -1.39. The average Bonchev–Trinajstić information content (AvgIpc) is 2.41. The monoisotopic (exact) mass is 323 g/mol. The van der Waals surface area contributed by atoms with Crippen molar-refractivity contribution in [3.05, 3.63) is 63.9 Å². The highest BCUT2D eigenvalue weighted by Gasteiger charge is 2.07. The molecule has 0 amide bonds. The lowest BCUT2D eigenvalue weighted by atomic mass is 10.1. The van der Waals surface area contributed by atoms with Crippen LogP contribution in [0.2, 0.25) is 0 Å². The minimum absolute atomic E-state index is 0.0283. The fourth-order valence-corrected chi connectivity index (χ4v) is 2.64. The summed E-state index contributed by atoms with van der Waals surface area (Å²) in [4.78, 5) is 2.07. The maximum absolute atomic E-state index is 12.8. The Labute approximate surface area is 120 Å². The number of anilines is 1. The number of benzene rings is 2. The number of halogens is 2. The molecule has 100 valence electrons. The van der Waals surface area contributed by atoms with E-state index in [0.29, 0.717) is 6.54 Å². The Bertz CT molecular complexity index is 557. The Morgan fingerprint density at radius 3 is 2.32 bits per heavy atom. The van der Waals surface area contributed by atoms with Gasteiger partial charge in [-0.2, -0.15) is 0 Å². The minimum Gasteiger partial charge on any atom is -0.392 e. The number of hydrogen-bond acceptors (Lipinski definition) is 2. The summed E-state index contributed by atoms with van der Waals surface area (Å²) in [5.74, 6) is -0.222. The SMILES string of the molecule is CN(Cc1ccc(F)cc1)c1ccc(CO)cc1Br. The van der Waals surface area contributed by atoms with Crippen LogP contribution < -0.4 is 4.90 Å². The Morgan fingerprint density at radius 2 is 1.74 bits per heavy atom. The lowest BCUT2D eigenvalue weighted by Crippen LogP contribution is -2.16. The molecule has 0 radical (unpaired) electrons. The van der Waals surface area contributed by atoms with Gasteiger partial charge in [0.1, 0.15) is 5.82 Å². The van der Waals surface area contributed by atoms with Crippen LogP contribution in [-0.4, -0.2) is 12.2 Å². The van der Waals surface area contributed by atoms with E-state index in [1.165, 1.54) is 12.1 Å². The van der Waals surface area contributed by atoms with Gasteiger partial charge in [0, 0.05) is 18.1 Å². The summed E-state index contributed by atoms with van der Waals surface area (Å²) >= 11 is 3.50. The van der Waals surface area contributed by atoms with E-state index in [1.807, 2.05) is 25.2 Å². The zero-order valence-electron chi connectivity index (χ0n) is 10.6. The zero-order chi connectivity index (χ0) is 13.8. The van der Waals surface area contributed by atoms with Crippen molar-refractivity contribution in [2.24, 2.45) is 0 Å². The summed E-state index contributed by atoms with van der Waals surface area (Å²) in [5.41, 5.74) is 2.94. The topological polar surface area (TPSA) is 23.5 Å². The third kappa shape index (κ3) is 3.55. The van der Waals surface area contributed by atoms with E-state index in [0.717, 1.165) is 21.3 Å². The van der Waals surface area contributed by atoms with Gasteiger partial charge in [-0.1, -0.05) is 18.2 Å². The zero-order valence-corrected chi connectivity index (χ0v) is 12.2. The highest BCUT2D eigenvalue weighted by atomic mass is 79.9. The van der Waals surface area contributed by atoms with Crippen LogP contribution in [0.3, 0.4) is 0 Å².